The minimum Gasteiger partial charge on any atom is -0.346 e. The Morgan fingerprint density at radius 2 is 2.07 bits per heavy atom. The summed E-state index contributed by atoms with van der Waals surface area (Å²) in [6.45, 7) is 0.279. The molecule has 8 nitrogen and oxygen atoms in total. The molecule has 1 saturated heterocycles. The molecule has 1 fully saturated rings. The van der Waals surface area contributed by atoms with E-state index in [1.165, 1.54) is 18.1 Å². The molecule has 0 radical (unpaired) electrons. The highest BCUT2D eigenvalue weighted by Crippen LogP contribution is 2.30. The van der Waals surface area contributed by atoms with Crippen molar-refractivity contribution in [2.45, 2.75) is 23.1 Å². The van der Waals surface area contributed by atoms with Crippen LogP contribution in [0.25, 0.3) is 5.65 Å². The standard InChI is InChI=1S/C18H15N5O3S/c24-16-8-14(18(26)22-16)27-13-6-2-1-5-12(13)17(25)19-9-11-4-3-7-15-20-10-21-23(11)15/h1-7,10,14H,8-9H2,(H,19,25)(H,22,24,26). The maximum Gasteiger partial charge on any atom is 0.252 e. The van der Waals surface area contributed by atoms with Gasteiger partial charge in [-0.25, -0.2) is 9.50 Å². The Labute approximate surface area is 158 Å². The molecule has 2 aromatic heterocycles. The molecule has 1 aliphatic heterocycles. The predicted molar refractivity (Wildman–Crippen MR) is 98.0 cm³/mol. The third-order valence-electron chi connectivity index (χ3n) is 4.14. The first kappa shape index (κ1) is 17.2. The molecule has 3 amide bonds. The molecule has 1 aromatic carbocycles. The second-order valence-corrected chi connectivity index (χ2v) is 7.19. The van der Waals surface area contributed by atoms with E-state index in [1.807, 2.05) is 18.2 Å². The van der Waals surface area contributed by atoms with Gasteiger partial charge in [-0.1, -0.05) is 18.2 Å². The topological polar surface area (TPSA) is 105 Å². The minimum absolute atomic E-state index is 0.119. The van der Waals surface area contributed by atoms with E-state index in [9.17, 15) is 14.4 Å². The van der Waals surface area contributed by atoms with Crippen LogP contribution in [0.2, 0.25) is 0 Å². The van der Waals surface area contributed by atoms with Crippen molar-refractivity contribution in [2.24, 2.45) is 0 Å². The first-order valence-corrected chi connectivity index (χ1v) is 9.15. The molecule has 0 spiro atoms. The first-order valence-electron chi connectivity index (χ1n) is 8.27. The maximum atomic E-state index is 12.7. The molecule has 9 heteroatoms. The Hall–Kier alpha value is -3.20. The first-order chi connectivity index (χ1) is 13.1. The van der Waals surface area contributed by atoms with Gasteiger partial charge in [0.05, 0.1) is 23.1 Å². The second kappa shape index (κ2) is 7.20. The van der Waals surface area contributed by atoms with Crippen molar-refractivity contribution in [1.29, 1.82) is 0 Å². The summed E-state index contributed by atoms with van der Waals surface area (Å²) in [5.74, 6) is -0.876. The number of rotatable bonds is 5. The van der Waals surface area contributed by atoms with Gasteiger partial charge in [0.1, 0.15) is 6.33 Å². The molecular formula is C18H15N5O3S. The number of nitrogens with zero attached hydrogens (tertiary/aromatic N) is 3. The zero-order valence-corrected chi connectivity index (χ0v) is 14.9. The number of imide groups is 1. The molecule has 4 rings (SSSR count). The summed E-state index contributed by atoms with van der Waals surface area (Å²) in [6.07, 6.45) is 1.58. The average molecular weight is 381 g/mol. The van der Waals surface area contributed by atoms with Crippen LogP contribution in [0.1, 0.15) is 22.5 Å². The SMILES string of the molecule is O=C1CC(Sc2ccccc2C(=O)NCc2cccc3ncnn23)C(=O)N1. The second-order valence-electron chi connectivity index (χ2n) is 5.95. The number of fused-ring (bicyclic) bond motifs is 1. The lowest BCUT2D eigenvalue weighted by Gasteiger charge is -2.12. The smallest absolute Gasteiger partial charge is 0.252 e. The van der Waals surface area contributed by atoms with Crippen molar-refractivity contribution in [3.63, 3.8) is 0 Å². The van der Waals surface area contributed by atoms with Crippen molar-refractivity contribution < 1.29 is 14.4 Å². The van der Waals surface area contributed by atoms with E-state index in [1.54, 1.807) is 28.8 Å². The van der Waals surface area contributed by atoms with Crippen molar-refractivity contribution in [3.05, 3.63) is 60.0 Å². The Balaban J connectivity index is 1.50. The van der Waals surface area contributed by atoms with E-state index < -0.39 is 5.25 Å². The summed E-state index contributed by atoms with van der Waals surface area (Å²) in [7, 11) is 0. The normalized spacial score (nSPS) is 16.5. The lowest BCUT2D eigenvalue weighted by atomic mass is 10.2. The molecule has 0 bridgehead atoms. The lowest BCUT2D eigenvalue weighted by molar-refractivity contribution is -0.124. The number of nitrogens with one attached hydrogen (secondary N) is 2. The predicted octanol–water partition coefficient (Wildman–Crippen LogP) is 1.17. The molecule has 3 heterocycles. The minimum atomic E-state index is -0.518. The highest BCUT2D eigenvalue weighted by Gasteiger charge is 2.32. The number of pyridine rings is 1. The molecule has 27 heavy (non-hydrogen) atoms. The molecular weight excluding hydrogens is 366 g/mol. The third-order valence-corrected chi connectivity index (χ3v) is 5.41. The van der Waals surface area contributed by atoms with Gasteiger partial charge in [0.15, 0.2) is 5.65 Å². The van der Waals surface area contributed by atoms with E-state index in [0.29, 0.717) is 16.1 Å². The Morgan fingerprint density at radius 3 is 2.89 bits per heavy atom. The fourth-order valence-electron chi connectivity index (χ4n) is 2.84. The average Bonchev–Trinajstić information content (AvgIpc) is 3.26. The van der Waals surface area contributed by atoms with Crippen molar-refractivity contribution in [1.82, 2.24) is 25.2 Å². The molecule has 2 N–H and O–H groups in total. The number of amides is 3. The number of carbonyl (C=O) groups is 3. The summed E-state index contributed by atoms with van der Waals surface area (Å²) >= 11 is 1.22. The summed E-state index contributed by atoms with van der Waals surface area (Å²) in [6, 6.07) is 12.6. The summed E-state index contributed by atoms with van der Waals surface area (Å²) in [5.41, 5.74) is 1.96. The fraction of sp³-hybridized carbons (Fsp3) is 0.167. The van der Waals surface area contributed by atoms with Crippen LogP contribution >= 0.6 is 11.8 Å². The molecule has 0 aliphatic carbocycles. The highest BCUT2D eigenvalue weighted by molar-refractivity contribution is 8.00. The van der Waals surface area contributed by atoms with Gasteiger partial charge < -0.3 is 5.32 Å². The maximum absolute atomic E-state index is 12.7. The van der Waals surface area contributed by atoms with E-state index in [4.69, 9.17) is 0 Å². The van der Waals surface area contributed by atoms with Crippen LogP contribution in [-0.2, 0) is 16.1 Å². The van der Waals surface area contributed by atoms with Gasteiger partial charge in [-0.15, -0.1) is 11.8 Å². The van der Waals surface area contributed by atoms with Crippen molar-refractivity contribution in [3.8, 4) is 0 Å². The number of aromatic nitrogens is 3. The van der Waals surface area contributed by atoms with Gasteiger partial charge in [0.2, 0.25) is 11.8 Å². The van der Waals surface area contributed by atoms with Crippen LogP contribution < -0.4 is 10.6 Å². The quantitative estimate of drug-likeness (QED) is 0.643. The van der Waals surface area contributed by atoms with Crippen LogP contribution in [0.15, 0.2) is 53.7 Å². The Kier molecular flexibility index (Phi) is 4.59. The largest absolute Gasteiger partial charge is 0.346 e. The molecule has 1 atom stereocenters. The summed E-state index contributed by atoms with van der Waals surface area (Å²) < 4.78 is 1.66. The van der Waals surface area contributed by atoms with Gasteiger partial charge in [0.25, 0.3) is 5.91 Å². The molecule has 1 unspecified atom stereocenters. The van der Waals surface area contributed by atoms with Gasteiger partial charge in [-0.2, -0.15) is 5.10 Å². The third kappa shape index (κ3) is 3.54. The zero-order valence-electron chi connectivity index (χ0n) is 14.1. The monoisotopic (exact) mass is 381 g/mol. The van der Waals surface area contributed by atoms with Crippen LogP contribution in [0.3, 0.4) is 0 Å². The Bertz CT molecular complexity index is 1050. The lowest BCUT2D eigenvalue weighted by Crippen LogP contribution is -2.25. The van der Waals surface area contributed by atoms with E-state index in [0.717, 1.165) is 5.69 Å². The van der Waals surface area contributed by atoms with Gasteiger partial charge in [-0.05, 0) is 24.3 Å². The van der Waals surface area contributed by atoms with E-state index in [-0.39, 0.29) is 30.7 Å². The Morgan fingerprint density at radius 1 is 1.22 bits per heavy atom. The number of hydrogen-bond acceptors (Lipinski definition) is 6. The van der Waals surface area contributed by atoms with E-state index >= 15 is 0 Å². The van der Waals surface area contributed by atoms with E-state index in [2.05, 4.69) is 20.7 Å². The summed E-state index contributed by atoms with van der Waals surface area (Å²) in [4.78, 5) is 40.7. The fourth-order valence-corrected chi connectivity index (χ4v) is 3.99. The molecule has 136 valence electrons. The number of hydrogen-bond donors (Lipinski definition) is 2. The van der Waals surface area contributed by atoms with Crippen LogP contribution in [-0.4, -0.2) is 37.6 Å². The number of benzene rings is 1. The molecule has 0 saturated carbocycles. The number of carbonyl (C=O) groups excluding carboxylic acids is 3. The zero-order chi connectivity index (χ0) is 18.8. The molecule has 3 aromatic rings. The van der Waals surface area contributed by atoms with Gasteiger partial charge in [-0.3, -0.25) is 19.7 Å². The summed E-state index contributed by atoms with van der Waals surface area (Å²) in [5, 5.41) is 8.78. The van der Waals surface area contributed by atoms with Crippen LogP contribution in [0.4, 0.5) is 0 Å². The highest BCUT2D eigenvalue weighted by atomic mass is 32.2. The van der Waals surface area contributed by atoms with Crippen molar-refractivity contribution in [2.75, 3.05) is 0 Å². The van der Waals surface area contributed by atoms with Gasteiger partial charge >= 0.3 is 0 Å². The van der Waals surface area contributed by atoms with Crippen LogP contribution in [0, 0.1) is 0 Å². The molecule has 1 aliphatic rings. The van der Waals surface area contributed by atoms with Crippen molar-refractivity contribution >= 4 is 35.1 Å². The number of thioether (sulfide) groups is 1. The van der Waals surface area contributed by atoms with Crippen LogP contribution in [0.5, 0.6) is 0 Å². The van der Waals surface area contributed by atoms with Gasteiger partial charge in [0, 0.05) is 11.3 Å².